The van der Waals surface area contributed by atoms with Gasteiger partial charge in [0.05, 0.1) is 26.0 Å². The Hall–Kier alpha value is -3.36. The Morgan fingerprint density at radius 2 is 1.78 bits per heavy atom. The number of nitrogens with one attached hydrogen (secondary N) is 1. The molecule has 11 heteroatoms. The first kappa shape index (κ1) is 20.0. The number of rotatable bonds is 5. The monoisotopic (exact) mass is 391 g/mol. The lowest BCUT2D eigenvalue weighted by Gasteiger charge is -2.21. The van der Waals surface area contributed by atoms with Gasteiger partial charge in [0.2, 0.25) is 17.7 Å². The van der Waals surface area contributed by atoms with E-state index in [2.05, 4.69) is 27.1 Å². The summed E-state index contributed by atoms with van der Waals surface area (Å²) in [6, 6.07) is 6.45. The number of carbonyl (C=O) groups excluding carboxylic acids is 1. The van der Waals surface area contributed by atoms with Gasteiger partial charge in [-0.2, -0.15) is 22.7 Å². The summed E-state index contributed by atoms with van der Waals surface area (Å²) in [5.41, 5.74) is 0.287. The van der Waals surface area contributed by atoms with Gasteiger partial charge < -0.3 is 9.47 Å². The van der Waals surface area contributed by atoms with Crippen LogP contribution in [0, 0.1) is 11.8 Å². The van der Waals surface area contributed by atoms with Crippen molar-refractivity contribution in [1.82, 2.24) is 9.97 Å². The van der Waals surface area contributed by atoms with E-state index in [1.165, 1.54) is 26.4 Å². The van der Waals surface area contributed by atoms with E-state index in [-0.39, 0.29) is 23.4 Å². The summed E-state index contributed by atoms with van der Waals surface area (Å²) < 4.78 is 34.5. The molecular formula is C16H17N5O5S. The lowest BCUT2D eigenvalue weighted by Crippen LogP contribution is -2.44. The molecule has 1 heterocycles. The number of benzene rings is 1. The smallest absolute Gasteiger partial charge is 0.343 e. The Balaban J connectivity index is 2.48. The van der Waals surface area contributed by atoms with E-state index >= 15 is 0 Å². The van der Waals surface area contributed by atoms with Gasteiger partial charge in [-0.1, -0.05) is 18.1 Å². The third kappa shape index (κ3) is 4.84. The number of aromatic nitrogens is 2. The third-order valence-electron chi connectivity index (χ3n) is 3.14. The Labute approximate surface area is 156 Å². The van der Waals surface area contributed by atoms with Crippen LogP contribution in [-0.4, -0.2) is 38.6 Å². The van der Waals surface area contributed by atoms with Crippen molar-refractivity contribution in [2.24, 2.45) is 5.14 Å². The van der Waals surface area contributed by atoms with Crippen molar-refractivity contribution >= 4 is 27.9 Å². The highest BCUT2D eigenvalue weighted by molar-refractivity contribution is 7.91. The van der Waals surface area contributed by atoms with Gasteiger partial charge in [-0.3, -0.25) is 5.32 Å². The predicted molar refractivity (Wildman–Crippen MR) is 98.7 cm³/mol. The van der Waals surface area contributed by atoms with Crippen molar-refractivity contribution in [2.75, 3.05) is 23.8 Å². The fraction of sp³-hybridized carbons (Fsp3) is 0.188. The highest BCUT2D eigenvalue weighted by atomic mass is 32.2. The predicted octanol–water partition coefficient (Wildman–Crippen LogP) is 1.11. The molecule has 0 unspecified atom stereocenters. The number of nitrogens with two attached hydrogens (primary N) is 1. The van der Waals surface area contributed by atoms with Gasteiger partial charge in [0.1, 0.15) is 0 Å². The molecule has 0 spiro atoms. The van der Waals surface area contributed by atoms with Crippen molar-refractivity contribution in [1.29, 1.82) is 0 Å². The Morgan fingerprint density at radius 1 is 1.19 bits per heavy atom. The number of amides is 2. The fourth-order valence-corrected chi connectivity index (χ4v) is 2.78. The molecule has 2 amide bonds. The van der Waals surface area contributed by atoms with Gasteiger partial charge in [0.15, 0.2) is 0 Å². The van der Waals surface area contributed by atoms with Crippen LogP contribution in [0.3, 0.4) is 0 Å². The summed E-state index contributed by atoms with van der Waals surface area (Å²) >= 11 is 0. The molecule has 0 fully saturated rings. The van der Waals surface area contributed by atoms with Crippen LogP contribution in [0.15, 0.2) is 30.3 Å². The van der Waals surface area contributed by atoms with Crippen LogP contribution in [-0.2, 0) is 10.2 Å². The van der Waals surface area contributed by atoms with Gasteiger partial charge in [-0.15, -0.1) is 5.92 Å². The molecule has 0 aliphatic rings. The number of carbonyl (C=O) groups is 1. The molecule has 0 aliphatic carbocycles. The number of methoxy groups -OCH3 is 2. The highest BCUT2D eigenvalue weighted by Gasteiger charge is 2.29. The molecule has 3 N–H and O–H groups in total. The first-order chi connectivity index (χ1) is 12.8. The number of hydrogen-bond donors (Lipinski definition) is 2. The average molecular weight is 391 g/mol. The first-order valence-electron chi connectivity index (χ1n) is 7.43. The van der Waals surface area contributed by atoms with E-state index in [9.17, 15) is 13.2 Å². The molecule has 0 radical (unpaired) electrons. The standard InChI is InChI=1S/C16H17N5O5S/c1-4-7-11-8-5-6-9-12(11)21(27(17,23)24)16(22)20-15-18-13(25-2)10-14(19-15)26-3/h5-6,8-10H,1-3H3,(H2,17,23,24)(H,18,19,20,22). The maximum absolute atomic E-state index is 12.7. The van der Waals surface area contributed by atoms with E-state index in [0.717, 1.165) is 0 Å². The minimum atomic E-state index is -4.47. The zero-order valence-electron chi connectivity index (χ0n) is 14.8. The number of para-hydroxylation sites is 1. The molecule has 0 bridgehead atoms. The topological polar surface area (TPSA) is 137 Å². The molecular weight excluding hydrogens is 374 g/mol. The van der Waals surface area contributed by atoms with Gasteiger partial charge in [-0.25, -0.2) is 9.93 Å². The number of ether oxygens (including phenoxy) is 2. The van der Waals surface area contributed by atoms with Crippen molar-refractivity contribution < 1.29 is 22.7 Å². The normalized spacial score (nSPS) is 10.4. The zero-order chi connectivity index (χ0) is 20.0. The van der Waals surface area contributed by atoms with Gasteiger partial charge in [0, 0.05) is 5.56 Å². The Kier molecular flexibility index (Phi) is 6.17. The summed E-state index contributed by atoms with van der Waals surface area (Å²) in [6.45, 7) is 1.58. The second-order valence-electron chi connectivity index (χ2n) is 4.91. The van der Waals surface area contributed by atoms with Gasteiger partial charge >= 0.3 is 16.2 Å². The molecule has 1 aromatic carbocycles. The second kappa shape index (κ2) is 8.35. The van der Waals surface area contributed by atoms with Crippen LogP contribution in [0.1, 0.15) is 12.5 Å². The lowest BCUT2D eigenvalue weighted by molar-refractivity contribution is 0.259. The molecule has 1 aromatic heterocycles. The fourth-order valence-electron chi connectivity index (χ4n) is 2.07. The molecule has 0 aliphatic heterocycles. The molecule has 2 aromatic rings. The van der Waals surface area contributed by atoms with Crippen molar-refractivity contribution in [2.45, 2.75) is 6.92 Å². The van der Waals surface area contributed by atoms with E-state index in [1.54, 1.807) is 25.1 Å². The quantitative estimate of drug-likeness (QED) is 0.728. The number of urea groups is 1. The number of anilines is 2. The summed E-state index contributed by atoms with van der Waals surface area (Å²) in [5.74, 6) is 5.35. The minimum absolute atomic E-state index is 0.0123. The van der Waals surface area contributed by atoms with E-state index < -0.39 is 16.2 Å². The van der Waals surface area contributed by atoms with Crippen LogP contribution in [0.5, 0.6) is 11.8 Å². The lowest BCUT2D eigenvalue weighted by atomic mass is 10.2. The zero-order valence-corrected chi connectivity index (χ0v) is 15.6. The summed E-state index contributed by atoms with van der Waals surface area (Å²) in [7, 11) is -1.74. The van der Waals surface area contributed by atoms with E-state index in [1.807, 2.05) is 0 Å². The maximum Gasteiger partial charge on any atom is 0.343 e. The van der Waals surface area contributed by atoms with Gasteiger partial charge in [-0.05, 0) is 19.1 Å². The molecule has 27 heavy (non-hydrogen) atoms. The molecule has 0 saturated carbocycles. The summed E-state index contributed by atoms with van der Waals surface area (Å²) in [6.07, 6.45) is 0. The van der Waals surface area contributed by atoms with E-state index in [0.29, 0.717) is 9.87 Å². The third-order valence-corrected chi connectivity index (χ3v) is 4.01. The summed E-state index contributed by atoms with van der Waals surface area (Å²) in [5, 5.41) is 7.51. The van der Waals surface area contributed by atoms with Crippen LogP contribution < -0.4 is 24.2 Å². The minimum Gasteiger partial charge on any atom is -0.481 e. The maximum atomic E-state index is 12.7. The molecule has 142 valence electrons. The van der Waals surface area contributed by atoms with Crippen LogP contribution in [0.4, 0.5) is 16.4 Å². The molecule has 0 atom stereocenters. The molecule has 0 saturated heterocycles. The number of nitrogens with zero attached hydrogens (tertiary/aromatic N) is 3. The summed E-state index contributed by atoms with van der Waals surface area (Å²) in [4.78, 5) is 20.5. The van der Waals surface area contributed by atoms with Crippen molar-refractivity contribution in [3.63, 3.8) is 0 Å². The van der Waals surface area contributed by atoms with Gasteiger partial charge in [0.25, 0.3) is 0 Å². The largest absolute Gasteiger partial charge is 0.481 e. The molecule has 2 rings (SSSR count). The molecule has 10 nitrogen and oxygen atoms in total. The van der Waals surface area contributed by atoms with Crippen LogP contribution in [0.2, 0.25) is 0 Å². The van der Waals surface area contributed by atoms with Crippen molar-refractivity contribution in [3.05, 3.63) is 35.9 Å². The van der Waals surface area contributed by atoms with Crippen molar-refractivity contribution in [3.8, 4) is 23.6 Å². The second-order valence-corrected chi connectivity index (χ2v) is 6.30. The Bertz CT molecular complexity index is 991. The first-order valence-corrected chi connectivity index (χ1v) is 8.93. The van der Waals surface area contributed by atoms with E-state index in [4.69, 9.17) is 14.6 Å². The Morgan fingerprint density at radius 3 is 2.30 bits per heavy atom. The number of hydrogen-bond acceptors (Lipinski definition) is 7. The van der Waals surface area contributed by atoms with Crippen LogP contribution in [0.25, 0.3) is 0 Å². The van der Waals surface area contributed by atoms with Crippen LogP contribution >= 0.6 is 0 Å². The average Bonchev–Trinajstić information content (AvgIpc) is 2.62. The highest BCUT2D eigenvalue weighted by Crippen LogP contribution is 2.23. The SMILES string of the molecule is CC#Cc1ccccc1N(C(=O)Nc1nc(OC)cc(OC)n1)S(N)(=O)=O.